The van der Waals surface area contributed by atoms with Crippen molar-refractivity contribution in [3.8, 4) is 0 Å². The molecule has 86 valence electrons. The van der Waals surface area contributed by atoms with E-state index in [0.717, 1.165) is 19.4 Å². The number of rotatable bonds is 5. The molecule has 2 aliphatic carbocycles. The Hall–Kier alpha value is -0.570. The average molecular weight is 211 g/mol. The van der Waals surface area contributed by atoms with Gasteiger partial charge in [-0.1, -0.05) is 12.8 Å². The lowest BCUT2D eigenvalue weighted by molar-refractivity contribution is -0.145. The minimum Gasteiger partial charge on any atom is -0.480 e. The lowest BCUT2D eigenvalue weighted by atomic mass is 9.94. The molecule has 2 rings (SSSR count). The molecule has 1 unspecified atom stereocenters. The Labute approximate surface area is 91.2 Å². The molecule has 2 N–H and O–H groups in total. The molecule has 0 aromatic heterocycles. The van der Waals surface area contributed by atoms with E-state index in [-0.39, 0.29) is 0 Å². The van der Waals surface area contributed by atoms with Gasteiger partial charge in [0, 0.05) is 0 Å². The maximum atomic E-state index is 11.2. The van der Waals surface area contributed by atoms with E-state index in [1.807, 2.05) is 6.92 Å². The first kappa shape index (κ1) is 10.9. The highest BCUT2D eigenvalue weighted by atomic mass is 16.4. The third-order valence-corrected chi connectivity index (χ3v) is 4.07. The van der Waals surface area contributed by atoms with Gasteiger partial charge in [0.15, 0.2) is 0 Å². The maximum Gasteiger partial charge on any atom is 0.323 e. The molecule has 2 saturated carbocycles. The molecular formula is C12H21NO2. The standard InChI is InChI=1S/C12H21NO2/c1-12(11(14)15,10-6-7-10)13-8-9-4-2-3-5-9/h9-10,13H,2-8H2,1H3,(H,14,15). The van der Waals surface area contributed by atoms with E-state index in [2.05, 4.69) is 5.32 Å². The first-order chi connectivity index (χ1) is 7.13. The van der Waals surface area contributed by atoms with Crippen LogP contribution >= 0.6 is 0 Å². The van der Waals surface area contributed by atoms with Crippen molar-refractivity contribution >= 4 is 5.97 Å². The van der Waals surface area contributed by atoms with Crippen LogP contribution in [0, 0.1) is 11.8 Å². The van der Waals surface area contributed by atoms with Gasteiger partial charge in [0.25, 0.3) is 0 Å². The van der Waals surface area contributed by atoms with E-state index in [0.29, 0.717) is 11.8 Å². The van der Waals surface area contributed by atoms with Gasteiger partial charge >= 0.3 is 5.97 Å². The number of hydrogen-bond acceptors (Lipinski definition) is 2. The predicted molar refractivity (Wildman–Crippen MR) is 58.7 cm³/mol. The second kappa shape index (κ2) is 4.12. The van der Waals surface area contributed by atoms with E-state index < -0.39 is 11.5 Å². The van der Waals surface area contributed by atoms with Crippen molar-refractivity contribution in [3.05, 3.63) is 0 Å². The fourth-order valence-corrected chi connectivity index (χ4v) is 2.63. The normalized spacial score (nSPS) is 26.5. The Bertz CT molecular complexity index is 244. The van der Waals surface area contributed by atoms with E-state index in [9.17, 15) is 9.90 Å². The minimum absolute atomic E-state index is 0.358. The smallest absolute Gasteiger partial charge is 0.323 e. The summed E-state index contributed by atoms with van der Waals surface area (Å²) in [4.78, 5) is 11.2. The van der Waals surface area contributed by atoms with Gasteiger partial charge in [-0.2, -0.15) is 0 Å². The van der Waals surface area contributed by atoms with Crippen LogP contribution < -0.4 is 5.32 Å². The van der Waals surface area contributed by atoms with Gasteiger partial charge in [-0.3, -0.25) is 4.79 Å². The Kier molecular flexibility index (Phi) is 3.01. The quantitative estimate of drug-likeness (QED) is 0.731. The second-order valence-corrected chi connectivity index (χ2v) is 5.31. The summed E-state index contributed by atoms with van der Waals surface area (Å²) >= 11 is 0. The molecule has 0 aromatic rings. The molecular weight excluding hydrogens is 190 g/mol. The number of carbonyl (C=O) groups is 1. The molecule has 0 amide bonds. The lowest BCUT2D eigenvalue weighted by Crippen LogP contribution is -2.52. The van der Waals surface area contributed by atoms with Crippen molar-refractivity contribution in [2.24, 2.45) is 11.8 Å². The van der Waals surface area contributed by atoms with E-state index in [4.69, 9.17) is 0 Å². The molecule has 0 aliphatic heterocycles. The third kappa shape index (κ3) is 2.33. The van der Waals surface area contributed by atoms with Gasteiger partial charge < -0.3 is 10.4 Å². The zero-order valence-corrected chi connectivity index (χ0v) is 9.46. The van der Waals surface area contributed by atoms with Crippen LogP contribution in [0.5, 0.6) is 0 Å². The first-order valence-electron chi connectivity index (χ1n) is 6.11. The Morgan fingerprint density at radius 3 is 2.40 bits per heavy atom. The molecule has 0 radical (unpaired) electrons. The summed E-state index contributed by atoms with van der Waals surface area (Å²) in [5.41, 5.74) is -0.664. The summed E-state index contributed by atoms with van der Waals surface area (Å²) in [7, 11) is 0. The second-order valence-electron chi connectivity index (χ2n) is 5.31. The molecule has 0 spiro atoms. The lowest BCUT2D eigenvalue weighted by Gasteiger charge is -2.27. The average Bonchev–Trinajstić information content (AvgIpc) is 2.93. The summed E-state index contributed by atoms with van der Waals surface area (Å²) in [6, 6.07) is 0. The zero-order valence-electron chi connectivity index (χ0n) is 9.46. The SMILES string of the molecule is CC(NCC1CCCC1)(C(=O)O)C1CC1. The maximum absolute atomic E-state index is 11.2. The zero-order chi connectivity index (χ0) is 10.9. The van der Waals surface area contributed by atoms with E-state index in [1.54, 1.807) is 0 Å². The van der Waals surface area contributed by atoms with Crippen LogP contribution in [0.2, 0.25) is 0 Å². The summed E-state index contributed by atoms with van der Waals surface area (Å²) in [5, 5.41) is 12.6. The van der Waals surface area contributed by atoms with E-state index in [1.165, 1.54) is 25.7 Å². The van der Waals surface area contributed by atoms with Crippen molar-refractivity contribution in [2.45, 2.75) is 51.0 Å². The van der Waals surface area contributed by atoms with Gasteiger partial charge in [0.05, 0.1) is 0 Å². The van der Waals surface area contributed by atoms with Gasteiger partial charge in [-0.15, -0.1) is 0 Å². The van der Waals surface area contributed by atoms with Gasteiger partial charge in [-0.25, -0.2) is 0 Å². The molecule has 2 fully saturated rings. The summed E-state index contributed by atoms with van der Waals surface area (Å²) in [6.45, 7) is 2.74. The first-order valence-corrected chi connectivity index (χ1v) is 6.11. The van der Waals surface area contributed by atoms with Gasteiger partial charge in [-0.05, 0) is 51.0 Å². The van der Waals surface area contributed by atoms with Crippen LogP contribution in [0.4, 0.5) is 0 Å². The van der Waals surface area contributed by atoms with Crippen molar-refractivity contribution in [1.29, 1.82) is 0 Å². The van der Waals surface area contributed by atoms with Crippen LogP contribution in [-0.4, -0.2) is 23.2 Å². The monoisotopic (exact) mass is 211 g/mol. The van der Waals surface area contributed by atoms with Crippen molar-refractivity contribution in [1.82, 2.24) is 5.32 Å². The molecule has 1 atom stereocenters. The van der Waals surface area contributed by atoms with Gasteiger partial charge in [0.2, 0.25) is 0 Å². The highest BCUT2D eigenvalue weighted by Crippen LogP contribution is 2.40. The molecule has 0 saturated heterocycles. The molecule has 3 heteroatoms. The predicted octanol–water partition coefficient (Wildman–Crippen LogP) is 2.02. The summed E-state index contributed by atoms with van der Waals surface area (Å²) in [6.07, 6.45) is 7.32. The van der Waals surface area contributed by atoms with Crippen LogP contribution in [0.1, 0.15) is 45.4 Å². The molecule has 0 aromatic carbocycles. The van der Waals surface area contributed by atoms with Crippen molar-refractivity contribution in [2.75, 3.05) is 6.54 Å². The van der Waals surface area contributed by atoms with Crippen molar-refractivity contribution in [3.63, 3.8) is 0 Å². The summed E-state index contributed by atoms with van der Waals surface area (Å²) < 4.78 is 0. The largest absolute Gasteiger partial charge is 0.480 e. The molecule has 3 nitrogen and oxygen atoms in total. The van der Waals surface area contributed by atoms with E-state index >= 15 is 0 Å². The summed E-state index contributed by atoms with van der Waals surface area (Å²) in [5.74, 6) is 0.391. The topological polar surface area (TPSA) is 49.3 Å². The highest BCUT2D eigenvalue weighted by molar-refractivity contribution is 5.79. The molecule has 0 bridgehead atoms. The van der Waals surface area contributed by atoms with Crippen LogP contribution in [-0.2, 0) is 4.79 Å². The minimum atomic E-state index is -0.678. The van der Waals surface area contributed by atoms with Crippen molar-refractivity contribution < 1.29 is 9.90 Å². The number of aliphatic carboxylic acids is 1. The van der Waals surface area contributed by atoms with Crippen LogP contribution in [0.15, 0.2) is 0 Å². The molecule has 15 heavy (non-hydrogen) atoms. The number of nitrogens with one attached hydrogen (secondary N) is 1. The number of carboxylic acid groups (broad SMARTS) is 1. The Balaban J connectivity index is 1.86. The Morgan fingerprint density at radius 1 is 1.33 bits per heavy atom. The fraction of sp³-hybridized carbons (Fsp3) is 0.917. The third-order valence-electron chi connectivity index (χ3n) is 4.07. The highest BCUT2D eigenvalue weighted by Gasteiger charge is 2.47. The number of carboxylic acids is 1. The molecule has 0 heterocycles. The number of hydrogen-bond donors (Lipinski definition) is 2. The fourth-order valence-electron chi connectivity index (χ4n) is 2.63. The van der Waals surface area contributed by atoms with Gasteiger partial charge in [0.1, 0.15) is 5.54 Å². The Morgan fingerprint density at radius 2 is 1.93 bits per heavy atom. The molecule has 2 aliphatic rings. The van der Waals surface area contributed by atoms with Crippen LogP contribution in [0.25, 0.3) is 0 Å². The van der Waals surface area contributed by atoms with Crippen LogP contribution in [0.3, 0.4) is 0 Å².